The number of benzene rings is 2. The van der Waals surface area contributed by atoms with Gasteiger partial charge in [0.05, 0.1) is 6.26 Å². The van der Waals surface area contributed by atoms with Gasteiger partial charge < -0.3 is 4.74 Å². The van der Waals surface area contributed by atoms with Gasteiger partial charge in [-0.05, 0) is 23.8 Å². The average Bonchev–Trinajstić information content (AvgIpc) is 3.21. The molecule has 2 aromatic carbocycles. The normalized spacial score (nSPS) is 23.7. The van der Waals surface area contributed by atoms with E-state index < -0.39 is 21.8 Å². The number of epoxide rings is 1. The zero-order valence-electron chi connectivity index (χ0n) is 12.2. The monoisotopic (exact) mass is 366 g/mol. The Kier molecular flexibility index (Phi) is 4.18. The van der Waals surface area contributed by atoms with E-state index in [1.165, 1.54) is 12.1 Å². The molecule has 4 nitrogen and oxygen atoms in total. The predicted octanol–water partition coefficient (Wildman–Crippen LogP) is 3.42. The molecule has 2 atom stereocenters. The van der Waals surface area contributed by atoms with Crippen molar-refractivity contribution in [3.63, 3.8) is 0 Å². The fourth-order valence-corrected chi connectivity index (χ4v) is 3.14. The summed E-state index contributed by atoms with van der Waals surface area (Å²) in [5.74, 6) is -0.386. The van der Waals surface area contributed by atoms with Crippen LogP contribution >= 0.6 is 11.6 Å². The topological polar surface area (TPSA) is 55.9 Å². The quantitative estimate of drug-likeness (QED) is 0.601. The van der Waals surface area contributed by atoms with Crippen LogP contribution in [-0.2, 0) is 24.6 Å². The summed E-state index contributed by atoms with van der Waals surface area (Å²) in [7, 11) is -3.64. The molecule has 7 heteroatoms. The zero-order chi connectivity index (χ0) is 16.7. The van der Waals surface area contributed by atoms with Crippen molar-refractivity contribution in [2.75, 3.05) is 12.9 Å². The molecule has 0 saturated carbocycles. The molecule has 1 fully saturated rings. The average molecular weight is 367 g/mol. The molecule has 122 valence electrons. The van der Waals surface area contributed by atoms with Gasteiger partial charge in [0.15, 0.2) is 0 Å². The predicted molar refractivity (Wildman–Crippen MR) is 84.2 cm³/mol. The van der Waals surface area contributed by atoms with Gasteiger partial charge in [0, 0.05) is 10.6 Å². The maximum Gasteiger partial charge on any atom is 0.264 e. The third-order valence-electron chi connectivity index (χ3n) is 3.70. The van der Waals surface area contributed by atoms with E-state index in [9.17, 15) is 12.8 Å². The molecule has 0 radical (unpaired) electrons. The molecule has 2 aromatic rings. The van der Waals surface area contributed by atoms with E-state index in [2.05, 4.69) is 0 Å². The van der Waals surface area contributed by atoms with Gasteiger partial charge in [-0.3, -0.25) is 4.18 Å². The van der Waals surface area contributed by atoms with E-state index in [-0.39, 0.29) is 12.4 Å². The minimum atomic E-state index is -3.64. The first-order chi connectivity index (χ1) is 10.8. The molecule has 3 rings (SSSR count). The standard InChI is InChI=1S/C16H14ClFO4S/c1-23(19,20)21-10-16(11-6-8-12(18)9-7-11)15(22-16)13-4-2-3-5-14(13)17/h2-9,15H,10H2,1H3/t15-,16-/m1/s1/i6+2,7+2,8+2,11+2,12+2. The van der Waals surface area contributed by atoms with Crippen molar-refractivity contribution < 1.29 is 21.7 Å². The highest BCUT2D eigenvalue weighted by Gasteiger charge is 2.60. The van der Waals surface area contributed by atoms with Crippen LogP contribution in [0.3, 0.4) is 0 Å². The Morgan fingerprint density at radius 2 is 2.17 bits per heavy atom. The third kappa shape index (κ3) is 3.40. The second-order valence-corrected chi connectivity index (χ2v) is 7.43. The second-order valence-electron chi connectivity index (χ2n) is 5.38. The van der Waals surface area contributed by atoms with Crippen LogP contribution in [0.15, 0.2) is 48.5 Å². The highest BCUT2D eigenvalue weighted by molar-refractivity contribution is 7.85. The Labute approximate surface area is 138 Å². The first kappa shape index (κ1) is 16.4. The first-order valence-electron chi connectivity index (χ1n) is 6.84. The van der Waals surface area contributed by atoms with Crippen LogP contribution < -0.4 is 0 Å². The van der Waals surface area contributed by atoms with Crippen molar-refractivity contribution in [1.82, 2.24) is 0 Å². The fraction of sp³-hybridized carbons (Fsp3) is 0.250. The summed E-state index contributed by atoms with van der Waals surface area (Å²) in [6.07, 6.45) is 0.515. The van der Waals surface area contributed by atoms with Crippen LogP contribution in [0.5, 0.6) is 0 Å². The smallest absolute Gasteiger partial charge is 0.264 e. The van der Waals surface area contributed by atoms with Crippen molar-refractivity contribution in [3.8, 4) is 0 Å². The Hall–Kier alpha value is -1.47. The lowest BCUT2D eigenvalue weighted by Gasteiger charge is -2.14. The van der Waals surface area contributed by atoms with Crippen LogP contribution in [0.25, 0.3) is 0 Å². The highest BCUT2D eigenvalue weighted by atomic mass is 35.5. The molecular formula is C16H14ClFO4S. The lowest BCUT2D eigenvalue weighted by molar-refractivity contribution is 0.194. The molecule has 0 N–H and O–H groups in total. The van der Waals surface area contributed by atoms with Gasteiger partial charge in [-0.25, -0.2) is 4.39 Å². The maximum absolute atomic E-state index is 13.2. The van der Waals surface area contributed by atoms with Gasteiger partial charge in [-0.15, -0.1) is 0 Å². The summed E-state index contributed by atoms with van der Waals surface area (Å²) in [6.45, 7) is -0.201. The Morgan fingerprint density at radius 3 is 2.78 bits per heavy atom. The Morgan fingerprint density at radius 1 is 1.43 bits per heavy atom. The van der Waals surface area contributed by atoms with Crippen molar-refractivity contribution >= 4 is 21.7 Å². The van der Waals surface area contributed by atoms with E-state index >= 15 is 0 Å². The fourth-order valence-electron chi connectivity index (χ4n) is 2.52. The highest BCUT2D eigenvalue weighted by Crippen LogP contribution is 2.58. The van der Waals surface area contributed by atoms with Crippen molar-refractivity contribution in [2.24, 2.45) is 0 Å². The van der Waals surface area contributed by atoms with E-state index in [0.717, 1.165) is 11.8 Å². The molecular weight excluding hydrogens is 353 g/mol. The zero-order valence-corrected chi connectivity index (χ0v) is 13.8. The Balaban J connectivity index is 1.96. The molecule has 1 aliphatic rings. The Bertz CT molecular complexity index is 822. The van der Waals surface area contributed by atoms with Gasteiger partial charge in [0.25, 0.3) is 10.1 Å². The summed E-state index contributed by atoms with van der Waals surface area (Å²) >= 11 is 6.19. The molecule has 0 amide bonds. The van der Waals surface area contributed by atoms with Gasteiger partial charge in [-0.2, -0.15) is 8.42 Å². The third-order valence-corrected chi connectivity index (χ3v) is 4.59. The summed E-state index contributed by atoms with van der Waals surface area (Å²) < 4.78 is 46.6. The molecule has 1 heterocycles. The molecule has 1 aliphatic heterocycles. The number of hydrogen-bond acceptors (Lipinski definition) is 4. The van der Waals surface area contributed by atoms with Crippen LogP contribution in [0, 0.1) is 5.82 Å². The summed E-state index contributed by atoms with van der Waals surface area (Å²) in [5.41, 5.74) is 0.366. The molecule has 1 saturated heterocycles. The maximum atomic E-state index is 13.2. The molecule has 23 heavy (non-hydrogen) atoms. The molecule has 0 aliphatic carbocycles. The second kappa shape index (κ2) is 5.87. The molecule has 0 bridgehead atoms. The first-order valence-corrected chi connectivity index (χ1v) is 9.04. The molecule has 0 aromatic heterocycles. The molecule has 0 spiro atoms. The van der Waals surface area contributed by atoms with Crippen LogP contribution in [0.4, 0.5) is 4.39 Å². The lowest BCUT2D eigenvalue weighted by Crippen LogP contribution is -2.21. The summed E-state index contributed by atoms with van der Waals surface area (Å²) in [5, 5.41) is 0.515. The van der Waals surface area contributed by atoms with E-state index in [4.69, 9.17) is 20.5 Å². The van der Waals surface area contributed by atoms with E-state index in [0.29, 0.717) is 10.6 Å². The van der Waals surface area contributed by atoms with Gasteiger partial charge >= 0.3 is 0 Å². The SMILES string of the molecule is CS(=O)(=O)OC[C@]1([14c]2[14cH]c[14c](F)[14cH][14cH]2)O[C@@H]1c1ccccc1Cl. The lowest BCUT2D eigenvalue weighted by atomic mass is 10.1. The van der Waals surface area contributed by atoms with Gasteiger partial charge in [-0.1, -0.05) is 41.9 Å². The number of ether oxygens (including phenoxy) is 1. The number of hydrogen-bond donors (Lipinski definition) is 0. The number of halogens is 2. The minimum Gasteiger partial charge on any atom is -0.353 e. The summed E-state index contributed by atoms with van der Waals surface area (Å²) in [4.78, 5) is 0. The summed E-state index contributed by atoms with van der Waals surface area (Å²) in [6, 6.07) is 12.8. The largest absolute Gasteiger partial charge is 0.353 e. The van der Waals surface area contributed by atoms with E-state index in [1.54, 1.807) is 30.3 Å². The number of rotatable bonds is 5. The van der Waals surface area contributed by atoms with Crippen LogP contribution in [0.2, 0.25) is 5.02 Å². The molecule has 0 unspecified atom stereocenters. The van der Waals surface area contributed by atoms with E-state index in [1.807, 2.05) is 6.07 Å². The van der Waals surface area contributed by atoms with Gasteiger partial charge in [0.2, 0.25) is 0 Å². The van der Waals surface area contributed by atoms with Crippen molar-refractivity contribution in [1.29, 1.82) is 0 Å². The van der Waals surface area contributed by atoms with Crippen LogP contribution in [-0.4, -0.2) is 21.3 Å². The van der Waals surface area contributed by atoms with Crippen LogP contribution in [0.1, 0.15) is 17.2 Å². The van der Waals surface area contributed by atoms with Crippen molar-refractivity contribution in [2.45, 2.75) is 11.7 Å². The minimum absolute atomic E-state index is 0.201. The van der Waals surface area contributed by atoms with Gasteiger partial charge in [0.1, 0.15) is 24.1 Å². The van der Waals surface area contributed by atoms with Crippen molar-refractivity contribution in [3.05, 3.63) is 70.5 Å².